The summed E-state index contributed by atoms with van der Waals surface area (Å²) in [4.78, 5) is 12.9. The molecule has 1 aliphatic rings. The largest absolute Gasteiger partial charge is 0.383 e. The van der Waals surface area contributed by atoms with Gasteiger partial charge in [-0.1, -0.05) is 0 Å². The zero-order valence-corrected chi connectivity index (χ0v) is 10.7. The van der Waals surface area contributed by atoms with Crippen LogP contribution in [0.1, 0.15) is 18.4 Å². The minimum atomic E-state index is 0.572. The molecule has 1 fully saturated rings. The van der Waals surface area contributed by atoms with Crippen molar-refractivity contribution in [1.82, 2.24) is 14.9 Å². The van der Waals surface area contributed by atoms with E-state index in [4.69, 9.17) is 5.73 Å². The first-order valence-corrected chi connectivity index (χ1v) is 6.19. The van der Waals surface area contributed by atoms with Crippen molar-refractivity contribution in [2.75, 3.05) is 43.9 Å². The van der Waals surface area contributed by atoms with Gasteiger partial charge in [-0.3, -0.25) is 0 Å². The van der Waals surface area contributed by atoms with Gasteiger partial charge in [-0.2, -0.15) is 0 Å². The molecule has 5 nitrogen and oxygen atoms in total. The Morgan fingerprint density at radius 3 is 2.76 bits per heavy atom. The third-order valence-electron chi connectivity index (χ3n) is 3.41. The summed E-state index contributed by atoms with van der Waals surface area (Å²) in [6.45, 7) is 6.52. The minimum Gasteiger partial charge on any atom is -0.383 e. The Kier molecular flexibility index (Phi) is 3.78. The van der Waals surface area contributed by atoms with Crippen LogP contribution in [0.15, 0.2) is 6.33 Å². The first-order chi connectivity index (χ1) is 8.18. The van der Waals surface area contributed by atoms with Crippen LogP contribution in [0, 0.1) is 6.92 Å². The van der Waals surface area contributed by atoms with Crippen molar-refractivity contribution in [3.63, 3.8) is 0 Å². The molecule has 0 unspecified atom stereocenters. The van der Waals surface area contributed by atoms with Crippen LogP contribution < -0.4 is 10.6 Å². The highest BCUT2D eigenvalue weighted by molar-refractivity contribution is 5.55. The zero-order valence-electron chi connectivity index (χ0n) is 10.7. The number of likely N-dealkylation sites (N-methyl/N-ethyl adjacent to an activating group) is 1. The lowest BCUT2D eigenvalue weighted by Crippen LogP contribution is -2.32. The van der Waals surface area contributed by atoms with Crippen LogP contribution in [0.25, 0.3) is 0 Å². The molecular formula is C12H21N5. The van der Waals surface area contributed by atoms with E-state index >= 15 is 0 Å². The molecule has 2 N–H and O–H groups in total. The van der Waals surface area contributed by atoms with E-state index in [-0.39, 0.29) is 0 Å². The van der Waals surface area contributed by atoms with E-state index in [0.717, 1.165) is 24.5 Å². The summed E-state index contributed by atoms with van der Waals surface area (Å²) in [7, 11) is 2.06. The predicted octanol–water partition coefficient (Wildman–Crippen LogP) is 0.899. The highest BCUT2D eigenvalue weighted by Crippen LogP contribution is 2.18. The SMILES string of the molecule is Cc1c(N)ncnc1N(C)CCN1CCCC1. The number of hydrogen-bond acceptors (Lipinski definition) is 5. The monoisotopic (exact) mass is 235 g/mol. The van der Waals surface area contributed by atoms with Gasteiger partial charge in [-0.25, -0.2) is 9.97 Å². The number of hydrogen-bond donors (Lipinski definition) is 1. The molecule has 1 saturated heterocycles. The maximum absolute atomic E-state index is 5.79. The van der Waals surface area contributed by atoms with Crippen LogP contribution >= 0.6 is 0 Å². The summed E-state index contributed by atoms with van der Waals surface area (Å²) >= 11 is 0. The van der Waals surface area contributed by atoms with Crippen LogP contribution in [-0.4, -0.2) is 48.1 Å². The maximum atomic E-state index is 5.79. The van der Waals surface area contributed by atoms with Crippen LogP contribution in [0.4, 0.5) is 11.6 Å². The Balaban J connectivity index is 1.94. The van der Waals surface area contributed by atoms with Gasteiger partial charge in [0.05, 0.1) is 0 Å². The molecule has 94 valence electrons. The summed E-state index contributed by atoms with van der Waals surface area (Å²) in [5.41, 5.74) is 6.76. The van der Waals surface area contributed by atoms with Gasteiger partial charge in [0, 0.05) is 25.7 Å². The number of anilines is 2. The van der Waals surface area contributed by atoms with Crippen molar-refractivity contribution in [2.24, 2.45) is 0 Å². The summed E-state index contributed by atoms with van der Waals surface area (Å²) in [6.07, 6.45) is 4.20. The van der Waals surface area contributed by atoms with Crippen LogP contribution in [0.3, 0.4) is 0 Å². The fourth-order valence-corrected chi connectivity index (χ4v) is 2.24. The van der Waals surface area contributed by atoms with E-state index in [1.54, 1.807) is 0 Å². The standard InChI is InChI=1S/C12H21N5/c1-10-11(13)14-9-15-12(10)16(2)7-8-17-5-3-4-6-17/h9H,3-8H2,1-2H3,(H2,13,14,15). The molecule has 2 rings (SSSR count). The first kappa shape index (κ1) is 12.1. The molecule has 1 aromatic heterocycles. The van der Waals surface area contributed by atoms with Gasteiger partial charge in [-0.05, 0) is 32.9 Å². The average molecular weight is 235 g/mol. The van der Waals surface area contributed by atoms with Gasteiger partial charge in [0.2, 0.25) is 0 Å². The second-order valence-corrected chi connectivity index (χ2v) is 4.68. The number of nitrogens with two attached hydrogens (primary N) is 1. The molecular weight excluding hydrogens is 214 g/mol. The summed E-state index contributed by atoms with van der Waals surface area (Å²) in [6, 6.07) is 0. The molecule has 0 aromatic carbocycles. The Hall–Kier alpha value is -1.36. The first-order valence-electron chi connectivity index (χ1n) is 6.19. The van der Waals surface area contributed by atoms with Crippen LogP contribution in [0.2, 0.25) is 0 Å². The molecule has 1 aliphatic heterocycles. The lowest BCUT2D eigenvalue weighted by atomic mass is 10.3. The van der Waals surface area contributed by atoms with Crippen molar-refractivity contribution in [3.8, 4) is 0 Å². The van der Waals surface area contributed by atoms with Gasteiger partial charge in [0.25, 0.3) is 0 Å². The second-order valence-electron chi connectivity index (χ2n) is 4.68. The molecule has 1 aromatic rings. The van der Waals surface area contributed by atoms with E-state index in [9.17, 15) is 0 Å². The highest BCUT2D eigenvalue weighted by atomic mass is 15.2. The quantitative estimate of drug-likeness (QED) is 0.840. The van der Waals surface area contributed by atoms with Gasteiger partial charge >= 0.3 is 0 Å². The Bertz CT molecular complexity index is 373. The molecule has 0 aliphatic carbocycles. The summed E-state index contributed by atoms with van der Waals surface area (Å²) < 4.78 is 0. The number of nitrogens with zero attached hydrogens (tertiary/aromatic N) is 4. The van der Waals surface area contributed by atoms with E-state index < -0.39 is 0 Å². The smallest absolute Gasteiger partial charge is 0.136 e. The third kappa shape index (κ3) is 2.85. The zero-order chi connectivity index (χ0) is 12.3. The molecule has 5 heteroatoms. The number of likely N-dealkylation sites (tertiary alicyclic amines) is 1. The van der Waals surface area contributed by atoms with Gasteiger partial charge < -0.3 is 15.5 Å². The molecule has 0 radical (unpaired) electrons. The van der Waals surface area contributed by atoms with Crippen molar-refractivity contribution in [2.45, 2.75) is 19.8 Å². The van der Waals surface area contributed by atoms with Crippen molar-refractivity contribution in [1.29, 1.82) is 0 Å². The van der Waals surface area contributed by atoms with Crippen LogP contribution in [0.5, 0.6) is 0 Å². The number of aromatic nitrogens is 2. The number of nitrogen functional groups attached to an aromatic ring is 1. The fraction of sp³-hybridized carbons (Fsp3) is 0.667. The molecule has 0 saturated carbocycles. The Labute approximate surface area is 103 Å². The maximum Gasteiger partial charge on any atom is 0.136 e. The molecule has 0 amide bonds. The normalized spacial score (nSPS) is 16.4. The molecule has 0 bridgehead atoms. The molecule has 17 heavy (non-hydrogen) atoms. The second kappa shape index (κ2) is 5.31. The molecule has 0 spiro atoms. The van der Waals surface area contributed by atoms with E-state index in [0.29, 0.717) is 5.82 Å². The van der Waals surface area contributed by atoms with Gasteiger partial charge in [0.1, 0.15) is 18.0 Å². The lowest BCUT2D eigenvalue weighted by molar-refractivity contribution is 0.346. The Morgan fingerprint density at radius 1 is 1.35 bits per heavy atom. The van der Waals surface area contributed by atoms with Crippen molar-refractivity contribution in [3.05, 3.63) is 11.9 Å². The highest BCUT2D eigenvalue weighted by Gasteiger charge is 2.14. The molecule has 0 atom stereocenters. The topological polar surface area (TPSA) is 58.3 Å². The Morgan fingerprint density at radius 2 is 2.06 bits per heavy atom. The summed E-state index contributed by atoms with van der Waals surface area (Å²) in [5.74, 6) is 1.51. The summed E-state index contributed by atoms with van der Waals surface area (Å²) in [5, 5.41) is 0. The minimum absolute atomic E-state index is 0.572. The van der Waals surface area contributed by atoms with E-state index in [2.05, 4.69) is 26.8 Å². The van der Waals surface area contributed by atoms with Crippen molar-refractivity contribution >= 4 is 11.6 Å². The van der Waals surface area contributed by atoms with Gasteiger partial charge in [-0.15, -0.1) is 0 Å². The third-order valence-corrected chi connectivity index (χ3v) is 3.41. The predicted molar refractivity (Wildman–Crippen MR) is 70.1 cm³/mol. The average Bonchev–Trinajstić information content (AvgIpc) is 2.82. The van der Waals surface area contributed by atoms with Crippen LogP contribution in [-0.2, 0) is 0 Å². The molecule has 2 heterocycles. The number of rotatable bonds is 4. The lowest BCUT2D eigenvalue weighted by Gasteiger charge is -2.23. The fourth-order valence-electron chi connectivity index (χ4n) is 2.24. The van der Waals surface area contributed by atoms with Gasteiger partial charge in [0.15, 0.2) is 0 Å². The van der Waals surface area contributed by atoms with E-state index in [1.807, 2.05) is 6.92 Å². The van der Waals surface area contributed by atoms with E-state index in [1.165, 1.54) is 32.3 Å². The van der Waals surface area contributed by atoms with Crippen molar-refractivity contribution < 1.29 is 0 Å².